The highest BCUT2D eigenvalue weighted by Crippen LogP contribution is 2.25. The number of anilines is 1. The highest BCUT2D eigenvalue weighted by atomic mass is 16.5. The Hall–Kier alpha value is -3.25. The smallest absolute Gasteiger partial charge is 0.272 e. The van der Waals surface area contributed by atoms with Gasteiger partial charge in [-0.15, -0.1) is 0 Å². The van der Waals surface area contributed by atoms with E-state index >= 15 is 0 Å². The number of carbonyl (C=O) groups excluding carboxylic acids is 2. The van der Waals surface area contributed by atoms with Crippen LogP contribution >= 0.6 is 0 Å². The minimum Gasteiger partial charge on any atom is -0.381 e. The summed E-state index contributed by atoms with van der Waals surface area (Å²) < 4.78 is 5.37. The quantitative estimate of drug-likeness (QED) is 0.630. The van der Waals surface area contributed by atoms with Crippen LogP contribution in [0.2, 0.25) is 0 Å². The Bertz CT molecular complexity index is 1090. The number of aryl methyl sites for hydroxylation is 1. The van der Waals surface area contributed by atoms with Crippen molar-refractivity contribution in [1.29, 1.82) is 0 Å². The van der Waals surface area contributed by atoms with E-state index in [-0.39, 0.29) is 17.5 Å². The van der Waals surface area contributed by atoms with E-state index in [4.69, 9.17) is 4.74 Å². The molecule has 1 aromatic heterocycles. The minimum absolute atomic E-state index is 0.220. The van der Waals surface area contributed by atoms with Gasteiger partial charge in [-0.2, -0.15) is 0 Å². The largest absolute Gasteiger partial charge is 0.381 e. The van der Waals surface area contributed by atoms with Crippen molar-refractivity contribution in [3.05, 3.63) is 71.5 Å². The average molecular weight is 418 g/mol. The molecule has 2 aromatic carbocycles. The summed E-state index contributed by atoms with van der Waals surface area (Å²) in [6, 6.07) is 15.1. The van der Waals surface area contributed by atoms with Gasteiger partial charge in [0.1, 0.15) is 0 Å². The third-order valence-corrected chi connectivity index (χ3v) is 5.80. The Balaban J connectivity index is 1.53. The summed E-state index contributed by atoms with van der Waals surface area (Å²) >= 11 is 0. The van der Waals surface area contributed by atoms with E-state index in [0.29, 0.717) is 23.7 Å². The predicted octanol–water partition coefficient (Wildman–Crippen LogP) is 4.21. The number of nitrogens with one attached hydrogen (secondary N) is 2. The van der Waals surface area contributed by atoms with E-state index in [2.05, 4.69) is 22.5 Å². The van der Waals surface area contributed by atoms with Crippen LogP contribution in [-0.4, -0.2) is 36.6 Å². The number of hydrogen-bond acceptors (Lipinski definition) is 4. The van der Waals surface area contributed by atoms with E-state index in [1.54, 1.807) is 18.3 Å². The predicted molar refractivity (Wildman–Crippen MR) is 121 cm³/mol. The molecule has 0 atom stereocenters. The van der Waals surface area contributed by atoms with Gasteiger partial charge >= 0.3 is 0 Å². The van der Waals surface area contributed by atoms with Crippen molar-refractivity contribution in [3.8, 4) is 0 Å². The number of carbonyl (C=O) groups is 2. The van der Waals surface area contributed by atoms with Crippen LogP contribution in [0.4, 0.5) is 5.69 Å². The van der Waals surface area contributed by atoms with Gasteiger partial charge in [0.25, 0.3) is 11.8 Å². The summed E-state index contributed by atoms with van der Waals surface area (Å²) in [5.41, 5.74) is 2.39. The maximum atomic E-state index is 13.1. The molecule has 1 aliphatic rings. The van der Waals surface area contributed by atoms with Crippen LogP contribution in [0.3, 0.4) is 0 Å². The standard InChI is InChI=1S/C25H27N3O3/c1-2-18-9-10-21(20-7-4-3-6-19(18)20)24(29)28-22-8-5-13-26-23(22)25(30)27-16-17-11-14-31-15-12-17/h3-10,13,17H,2,11-12,14-16H2,1H3,(H,27,30)(H,28,29). The molecule has 31 heavy (non-hydrogen) atoms. The molecule has 0 radical (unpaired) electrons. The Morgan fingerprint density at radius 1 is 1.00 bits per heavy atom. The fourth-order valence-corrected chi connectivity index (χ4v) is 4.02. The van der Waals surface area contributed by atoms with Gasteiger partial charge in [-0.1, -0.05) is 37.3 Å². The van der Waals surface area contributed by atoms with Crippen molar-refractivity contribution in [3.63, 3.8) is 0 Å². The van der Waals surface area contributed by atoms with Crippen molar-refractivity contribution in [2.75, 3.05) is 25.1 Å². The van der Waals surface area contributed by atoms with Gasteiger partial charge < -0.3 is 15.4 Å². The van der Waals surface area contributed by atoms with E-state index in [1.807, 2.05) is 36.4 Å². The number of rotatable bonds is 6. The van der Waals surface area contributed by atoms with Crippen LogP contribution < -0.4 is 10.6 Å². The molecule has 160 valence electrons. The zero-order chi connectivity index (χ0) is 21.6. The fourth-order valence-electron chi connectivity index (χ4n) is 4.02. The molecule has 0 saturated carbocycles. The SMILES string of the molecule is CCc1ccc(C(=O)Nc2cccnc2C(=O)NCC2CCOCC2)c2ccccc12. The normalized spacial score (nSPS) is 14.4. The molecular formula is C25H27N3O3. The number of nitrogens with zero attached hydrogens (tertiary/aromatic N) is 1. The number of amides is 2. The molecule has 6 nitrogen and oxygen atoms in total. The zero-order valence-corrected chi connectivity index (χ0v) is 17.7. The lowest BCUT2D eigenvalue weighted by molar-refractivity contribution is 0.0642. The molecule has 1 fully saturated rings. The van der Waals surface area contributed by atoms with Gasteiger partial charge in [0.05, 0.1) is 5.69 Å². The summed E-state index contributed by atoms with van der Waals surface area (Å²) in [6.45, 7) is 4.14. The second-order valence-corrected chi connectivity index (χ2v) is 7.79. The third kappa shape index (κ3) is 4.75. The number of pyridine rings is 1. The van der Waals surface area contributed by atoms with Gasteiger partial charge in [0, 0.05) is 31.5 Å². The van der Waals surface area contributed by atoms with Crippen LogP contribution in [-0.2, 0) is 11.2 Å². The molecule has 2 amide bonds. The molecule has 2 N–H and O–H groups in total. The summed E-state index contributed by atoms with van der Waals surface area (Å²) in [4.78, 5) is 30.1. The lowest BCUT2D eigenvalue weighted by atomic mass is 9.97. The number of benzene rings is 2. The first kappa shape index (κ1) is 21.0. The Morgan fingerprint density at radius 2 is 1.77 bits per heavy atom. The lowest BCUT2D eigenvalue weighted by Crippen LogP contribution is -2.33. The topological polar surface area (TPSA) is 80.3 Å². The van der Waals surface area contributed by atoms with Crippen LogP contribution in [0.1, 0.15) is 46.2 Å². The minimum atomic E-state index is -0.284. The lowest BCUT2D eigenvalue weighted by Gasteiger charge is -2.22. The van der Waals surface area contributed by atoms with Crippen LogP contribution in [0.15, 0.2) is 54.7 Å². The Labute approximate surface area is 182 Å². The molecule has 0 aliphatic carbocycles. The van der Waals surface area contributed by atoms with Crippen molar-refractivity contribution in [2.24, 2.45) is 5.92 Å². The maximum absolute atomic E-state index is 13.1. The van der Waals surface area contributed by atoms with E-state index < -0.39 is 0 Å². The average Bonchev–Trinajstić information content (AvgIpc) is 2.82. The van der Waals surface area contributed by atoms with Gasteiger partial charge in [-0.05, 0) is 59.7 Å². The molecular weight excluding hydrogens is 390 g/mol. The molecule has 6 heteroatoms. The first-order chi connectivity index (χ1) is 15.2. The van der Waals surface area contributed by atoms with Crippen LogP contribution in [0.5, 0.6) is 0 Å². The third-order valence-electron chi connectivity index (χ3n) is 5.80. The molecule has 2 heterocycles. The van der Waals surface area contributed by atoms with Crippen molar-refractivity contribution in [2.45, 2.75) is 26.2 Å². The van der Waals surface area contributed by atoms with E-state index in [0.717, 1.165) is 43.2 Å². The first-order valence-electron chi connectivity index (χ1n) is 10.8. The van der Waals surface area contributed by atoms with Crippen LogP contribution in [0.25, 0.3) is 10.8 Å². The summed E-state index contributed by atoms with van der Waals surface area (Å²) in [6.07, 6.45) is 4.33. The molecule has 0 bridgehead atoms. The maximum Gasteiger partial charge on any atom is 0.272 e. The Morgan fingerprint density at radius 3 is 2.55 bits per heavy atom. The second-order valence-electron chi connectivity index (χ2n) is 7.79. The number of aromatic nitrogens is 1. The number of hydrogen-bond donors (Lipinski definition) is 2. The molecule has 1 saturated heterocycles. The monoisotopic (exact) mass is 417 g/mol. The van der Waals surface area contributed by atoms with Crippen molar-refractivity contribution < 1.29 is 14.3 Å². The van der Waals surface area contributed by atoms with Gasteiger partial charge in [0.15, 0.2) is 5.69 Å². The van der Waals surface area contributed by atoms with Crippen molar-refractivity contribution in [1.82, 2.24) is 10.3 Å². The molecule has 4 rings (SSSR count). The van der Waals surface area contributed by atoms with Gasteiger partial charge in [0.2, 0.25) is 0 Å². The summed E-state index contributed by atoms with van der Waals surface area (Å²) in [5, 5.41) is 7.82. The number of fused-ring (bicyclic) bond motifs is 1. The second kappa shape index (κ2) is 9.71. The number of ether oxygens (including phenoxy) is 1. The van der Waals surface area contributed by atoms with E-state index in [9.17, 15) is 9.59 Å². The highest BCUT2D eigenvalue weighted by Gasteiger charge is 2.19. The van der Waals surface area contributed by atoms with Gasteiger partial charge in [-0.25, -0.2) is 4.98 Å². The highest BCUT2D eigenvalue weighted by molar-refractivity contribution is 6.15. The van der Waals surface area contributed by atoms with Crippen molar-refractivity contribution >= 4 is 28.3 Å². The molecule has 1 aliphatic heterocycles. The zero-order valence-electron chi connectivity index (χ0n) is 17.7. The molecule has 0 unspecified atom stereocenters. The summed E-state index contributed by atoms with van der Waals surface area (Å²) in [7, 11) is 0. The Kier molecular flexibility index (Phi) is 6.57. The fraction of sp³-hybridized carbons (Fsp3) is 0.320. The van der Waals surface area contributed by atoms with Gasteiger partial charge in [-0.3, -0.25) is 9.59 Å². The first-order valence-corrected chi connectivity index (χ1v) is 10.8. The van der Waals surface area contributed by atoms with Crippen LogP contribution in [0, 0.1) is 5.92 Å². The summed E-state index contributed by atoms with van der Waals surface area (Å²) in [5.74, 6) is -0.137. The van der Waals surface area contributed by atoms with E-state index in [1.165, 1.54) is 5.56 Å². The molecule has 0 spiro atoms. The molecule has 3 aromatic rings.